The molecule has 1 rings (SSSR count). The van der Waals surface area contributed by atoms with Crippen molar-refractivity contribution in [2.75, 3.05) is 6.54 Å². The first-order valence-corrected chi connectivity index (χ1v) is 6.10. The molecule has 1 fully saturated rings. The third kappa shape index (κ3) is 15.5. The zero-order chi connectivity index (χ0) is 13.1. The Morgan fingerprint density at radius 2 is 1.44 bits per heavy atom. The maximum atomic E-state index is 10.3. The van der Waals surface area contributed by atoms with Crippen LogP contribution in [0.25, 0.3) is 5.32 Å². The quantitative estimate of drug-likeness (QED) is 0.784. The van der Waals surface area contributed by atoms with E-state index in [0.717, 1.165) is 19.8 Å². The molecule has 0 saturated heterocycles. The predicted octanol–water partition coefficient (Wildman–Crippen LogP) is 2.65. The van der Waals surface area contributed by atoms with Crippen LogP contribution in [0.4, 0.5) is 0 Å². The van der Waals surface area contributed by atoms with E-state index < -0.39 is 11.9 Å². The first kappa shape index (κ1) is 19.9. The molecule has 1 aliphatic rings. The molecule has 1 aliphatic carbocycles. The van der Waals surface area contributed by atoms with Gasteiger partial charge >= 0.3 is 0 Å². The zero-order valence-electron chi connectivity index (χ0n) is 11.1. The molecule has 0 atom stereocenters. The molecule has 0 bridgehead atoms. The molecule has 0 aromatic carbocycles. The Labute approximate surface area is 121 Å². The summed E-state index contributed by atoms with van der Waals surface area (Å²) in [7, 11) is 0. The van der Waals surface area contributed by atoms with Crippen molar-refractivity contribution in [1.82, 2.24) is 0 Å². The minimum Gasteiger partial charge on any atom is -0.650 e. The van der Waals surface area contributed by atoms with Gasteiger partial charge in [0.05, 0.1) is 0 Å². The minimum absolute atomic E-state index is 0. The van der Waals surface area contributed by atoms with E-state index in [1.165, 1.54) is 32.1 Å². The largest absolute Gasteiger partial charge is 0.650 e. The monoisotopic (exact) mass is 308 g/mol. The Morgan fingerprint density at radius 1 is 1.06 bits per heavy atom. The summed E-state index contributed by atoms with van der Waals surface area (Å²) in [6, 6.07) is 0.316. The number of carbonyl (C=O) groups is 2. The van der Waals surface area contributed by atoms with E-state index in [0.29, 0.717) is 6.04 Å². The molecule has 0 radical (unpaired) electrons. The van der Waals surface area contributed by atoms with Gasteiger partial charge in [0.1, 0.15) is 0 Å². The molecule has 0 aromatic heterocycles. The molecule has 1 saturated carbocycles. The molecule has 0 heterocycles. The number of carboxylic acid groups (broad SMARTS) is 2. The van der Waals surface area contributed by atoms with Gasteiger partial charge in [-0.05, 0) is 6.54 Å². The second kappa shape index (κ2) is 13.0. The van der Waals surface area contributed by atoms with E-state index >= 15 is 0 Å². The number of rotatable bonds is 3. The molecule has 6 heteroatoms. The van der Waals surface area contributed by atoms with Gasteiger partial charge in [0, 0.05) is 26.4 Å². The molecule has 0 amide bonds. The van der Waals surface area contributed by atoms with Crippen molar-refractivity contribution in [2.45, 2.75) is 57.9 Å². The van der Waals surface area contributed by atoms with Crippen LogP contribution < -0.4 is 0 Å². The van der Waals surface area contributed by atoms with Crippen LogP contribution in [0.1, 0.15) is 51.9 Å². The van der Waals surface area contributed by atoms with Gasteiger partial charge in [0.25, 0.3) is 11.9 Å². The molecule has 2 N–H and O–H groups in total. The summed E-state index contributed by atoms with van der Waals surface area (Å²) in [5.74, 6) is -1.64. The van der Waals surface area contributed by atoms with E-state index in [9.17, 15) is 4.79 Å². The number of hydrogen-bond acceptors (Lipinski definition) is 2. The minimum atomic E-state index is -0.833. The van der Waals surface area contributed by atoms with Crippen LogP contribution in [0.5, 0.6) is 0 Å². The van der Waals surface area contributed by atoms with E-state index in [1.807, 2.05) is 0 Å². The van der Waals surface area contributed by atoms with Crippen molar-refractivity contribution in [3.05, 3.63) is 5.32 Å². The average molecular weight is 310 g/mol. The third-order valence-electron chi connectivity index (χ3n) is 2.56. The number of aliphatic carboxylic acids is 2. The molecule has 0 spiro atoms. The van der Waals surface area contributed by atoms with Crippen molar-refractivity contribution in [3.8, 4) is 0 Å². The molecule has 0 unspecified atom stereocenters. The summed E-state index contributed by atoms with van der Waals surface area (Å²) in [4.78, 5) is 19.3. The first-order valence-electron chi connectivity index (χ1n) is 6.10. The average Bonchev–Trinajstić information content (AvgIpc) is 2.14. The van der Waals surface area contributed by atoms with Crippen LogP contribution in [0.2, 0.25) is 0 Å². The van der Waals surface area contributed by atoms with Crippen LogP contribution in [0.3, 0.4) is 0 Å². The van der Waals surface area contributed by atoms with Gasteiger partial charge in [-0.1, -0.05) is 44.9 Å². The van der Waals surface area contributed by atoms with Crippen molar-refractivity contribution in [3.63, 3.8) is 0 Å². The van der Waals surface area contributed by atoms with Gasteiger partial charge in [-0.2, -0.15) is 0 Å². The van der Waals surface area contributed by atoms with E-state index in [4.69, 9.17) is 15.0 Å². The number of hydrogen-bond donors (Lipinski definition) is 2. The molecule has 5 nitrogen and oxygen atoms in total. The Kier molecular flexibility index (Phi) is 14.3. The van der Waals surface area contributed by atoms with E-state index in [1.54, 1.807) is 0 Å². The fourth-order valence-corrected chi connectivity index (χ4v) is 1.82. The van der Waals surface area contributed by atoms with Crippen LogP contribution in [-0.2, 0) is 29.1 Å². The molecular weight excluding hydrogens is 288 g/mol. The predicted molar refractivity (Wildman–Crippen MR) is 65.3 cm³/mol. The topological polar surface area (TPSA) is 88.7 Å². The normalized spacial score (nSPS) is 16.3. The summed E-state index contributed by atoms with van der Waals surface area (Å²) in [5, 5.41) is 20.1. The van der Waals surface area contributed by atoms with Crippen molar-refractivity contribution in [2.24, 2.45) is 0 Å². The Bertz CT molecular complexity index is 224. The summed E-state index contributed by atoms with van der Waals surface area (Å²) in [5.41, 5.74) is 0. The third-order valence-corrected chi connectivity index (χ3v) is 2.56. The van der Waals surface area contributed by atoms with Gasteiger partial charge in [-0.25, -0.2) is 0 Å². The second-order valence-corrected chi connectivity index (χ2v) is 4.25. The first-order chi connectivity index (χ1) is 8.02. The van der Waals surface area contributed by atoms with Crippen LogP contribution in [0.15, 0.2) is 0 Å². The molecular formula is C12H22NO4Zn-. The molecule has 102 valence electrons. The zero-order valence-corrected chi connectivity index (χ0v) is 14.1. The van der Waals surface area contributed by atoms with E-state index in [2.05, 4.69) is 5.32 Å². The Morgan fingerprint density at radius 3 is 1.83 bits per heavy atom. The maximum Gasteiger partial charge on any atom is 0.300 e. The molecule has 0 aromatic rings. The standard InChI is InChI=1S/C10H18NO2.C2H4O2.Zn/c12-10(13)8-11-9-6-4-2-1-3-5-7-9;1-2(3)4;/h9H,1-8H2,(H,12,13);1H3,(H,3,4);/q-1;;. The number of carboxylic acids is 2. The molecule has 18 heavy (non-hydrogen) atoms. The Hall–Kier alpha value is -0.477. The smallest absolute Gasteiger partial charge is 0.300 e. The van der Waals surface area contributed by atoms with Crippen molar-refractivity contribution >= 4 is 11.9 Å². The fraction of sp³-hybridized carbons (Fsp3) is 0.833. The van der Waals surface area contributed by atoms with Gasteiger partial charge < -0.3 is 15.5 Å². The van der Waals surface area contributed by atoms with Gasteiger partial charge in [-0.15, -0.1) is 6.04 Å². The summed E-state index contributed by atoms with van der Waals surface area (Å²) < 4.78 is 0. The number of nitrogens with zero attached hydrogens (tertiary/aromatic N) is 1. The van der Waals surface area contributed by atoms with Crippen LogP contribution in [0, 0.1) is 0 Å². The molecule has 0 aliphatic heterocycles. The van der Waals surface area contributed by atoms with Crippen LogP contribution in [-0.4, -0.2) is 34.7 Å². The van der Waals surface area contributed by atoms with Gasteiger partial charge in [-0.3, -0.25) is 9.59 Å². The summed E-state index contributed by atoms with van der Waals surface area (Å²) in [6.45, 7) is 1.07. The fourth-order valence-electron chi connectivity index (χ4n) is 1.82. The summed E-state index contributed by atoms with van der Waals surface area (Å²) in [6.07, 6.45) is 8.53. The van der Waals surface area contributed by atoms with Gasteiger partial charge in [0.2, 0.25) is 0 Å². The van der Waals surface area contributed by atoms with Crippen LogP contribution >= 0.6 is 0 Å². The Balaban J connectivity index is 0. The van der Waals surface area contributed by atoms with Crippen molar-refractivity contribution < 1.29 is 39.3 Å². The van der Waals surface area contributed by atoms with E-state index in [-0.39, 0.29) is 26.0 Å². The van der Waals surface area contributed by atoms with Gasteiger partial charge in [0.15, 0.2) is 0 Å². The van der Waals surface area contributed by atoms with Crippen molar-refractivity contribution in [1.29, 1.82) is 0 Å². The maximum absolute atomic E-state index is 10.3. The summed E-state index contributed by atoms with van der Waals surface area (Å²) >= 11 is 0. The second-order valence-electron chi connectivity index (χ2n) is 4.25. The SMILES string of the molecule is CC(=O)O.O=C(O)C[N-]C1CCCCCCC1.[Zn].